The molecule has 1 saturated carbocycles. The lowest BCUT2D eigenvalue weighted by atomic mass is 9.80. The second kappa shape index (κ2) is 3.36. The Labute approximate surface area is 73.3 Å². The van der Waals surface area contributed by atoms with Crippen LogP contribution >= 0.6 is 11.8 Å². The fraction of sp³-hybridized carbons (Fsp3) is 1.00. The number of rotatable bonds is 3. The van der Waals surface area contributed by atoms with Crippen molar-refractivity contribution in [3.8, 4) is 0 Å². The van der Waals surface area contributed by atoms with E-state index in [1.54, 1.807) is 0 Å². The molecule has 2 rings (SSSR count). The molecule has 1 atom stereocenters. The van der Waals surface area contributed by atoms with E-state index < -0.39 is 0 Å². The Hall–Kier alpha value is 0.310. The minimum absolute atomic E-state index is 0.787. The molecular formula is C9H17NS. The predicted octanol–water partition coefficient (Wildman–Crippen LogP) is 1.88. The van der Waals surface area contributed by atoms with Gasteiger partial charge in [0.1, 0.15) is 0 Å². The lowest BCUT2D eigenvalue weighted by molar-refractivity contribution is 0.232. The molecule has 11 heavy (non-hydrogen) atoms. The molecule has 2 heteroatoms. The van der Waals surface area contributed by atoms with E-state index in [1.165, 1.54) is 30.8 Å². The highest BCUT2D eigenvalue weighted by Gasteiger charge is 2.27. The Morgan fingerprint density at radius 3 is 2.45 bits per heavy atom. The van der Waals surface area contributed by atoms with E-state index >= 15 is 0 Å². The van der Waals surface area contributed by atoms with Gasteiger partial charge in [0.2, 0.25) is 0 Å². The summed E-state index contributed by atoms with van der Waals surface area (Å²) in [6.07, 6.45) is 4.40. The molecular weight excluding hydrogens is 154 g/mol. The van der Waals surface area contributed by atoms with Crippen molar-refractivity contribution >= 4 is 11.8 Å². The van der Waals surface area contributed by atoms with Gasteiger partial charge in [-0.05, 0) is 25.7 Å². The summed E-state index contributed by atoms with van der Waals surface area (Å²) in [5, 5.41) is 3.70. The van der Waals surface area contributed by atoms with Gasteiger partial charge in [0, 0.05) is 23.6 Å². The highest BCUT2D eigenvalue weighted by atomic mass is 32.2. The van der Waals surface area contributed by atoms with Gasteiger partial charge in [-0.2, -0.15) is 11.8 Å². The summed E-state index contributed by atoms with van der Waals surface area (Å²) in [6, 6.07) is 1.63. The lowest BCUT2D eigenvalue weighted by Gasteiger charge is -2.37. The summed E-state index contributed by atoms with van der Waals surface area (Å²) >= 11 is 2.06. The van der Waals surface area contributed by atoms with Crippen molar-refractivity contribution < 1.29 is 0 Å². The Morgan fingerprint density at radius 1 is 1.36 bits per heavy atom. The van der Waals surface area contributed by atoms with Crippen molar-refractivity contribution in [1.82, 2.24) is 5.32 Å². The van der Waals surface area contributed by atoms with Crippen LogP contribution in [0, 0.1) is 5.92 Å². The first kappa shape index (κ1) is 7.93. The Balaban J connectivity index is 1.67. The molecule has 0 aromatic heterocycles. The first-order valence-electron chi connectivity index (χ1n) is 4.70. The number of thioether (sulfide) groups is 1. The monoisotopic (exact) mass is 171 g/mol. The SMILES string of the molecule is C[C@H](NC1CSC1)C1CCC1. The van der Waals surface area contributed by atoms with Crippen LogP contribution in [0.1, 0.15) is 26.2 Å². The molecule has 2 fully saturated rings. The minimum Gasteiger partial charge on any atom is -0.310 e. The molecule has 0 radical (unpaired) electrons. The highest BCUT2D eigenvalue weighted by molar-refractivity contribution is 8.00. The van der Waals surface area contributed by atoms with Crippen LogP contribution in [0.3, 0.4) is 0 Å². The van der Waals surface area contributed by atoms with Gasteiger partial charge in [-0.25, -0.2) is 0 Å². The highest BCUT2D eigenvalue weighted by Crippen LogP contribution is 2.30. The van der Waals surface area contributed by atoms with Crippen LogP contribution in [0.15, 0.2) is 0 Å². The second-order valence-corrected chi connectivity index (χ2v) is 4.96. The topological polar surface area (TPSA) is 12.0 Å². The van der Waals surface area contributed by atoms with E-state index in [0.717, 1.165) is 18.0 Å². The molecule has 1 heterocycles. The Bertz CT molecular complexity index is 130. The fourth-order valence-corrected chi connectivity index (χ4v) is 2.44. The van der Waals surface area contributed by atoms with Crippen molar-refractivity contribution in [1.29, 1.82) is 0 Å². The first-order chi connectivity index (χ1) is 5.36. The van der Waals surface area contributed by atoms with Gasteiger partial charge in [0.15, 0.2) is 0 Å². The Morgan fingerprint density at radius 2 is 2.09 bits per heavy atom. The van der Waals surface area contributed by atoms with E-state index in [0.29, 0.717) is 0 Å². The van der Waals surface area contributed by atoms with Crippen molar-refractivity contribution in [2.45, 2.75) is 38.3 Å². The first-order valence-corrected chi connectivity index (χ1v) is 5.85. The van der Waals surface area contributed by atoms with E-state index in [-0.39, 0.29) is 0 Å². The number of nitrogens with one attached hydrogen (secondary N) is 1. The zero-order chi connectivity index (χ0) is 7.68. The van der Waals surface area contributed by atoms with Gasteiger partial charge >= 0.3 is 0 Å². The maximum absolute atomic E-state index is 3.70. The van der Waals surface area contributed by atoms with E-state index in [2.05, 4.69) is 24.0 Å². The van der Waals surface area contributed by atoms with E-state index in [1.807, 2.05) is 0 Å². The second-order valence-electron chi connectivity index (χ2n) is 3.88. The van der Waals surface area contributed by atoms with Gasteiger partial charge in [-0.15, -0.1) is 0 Å². The maximum atomic E-state index is 3.70. The molecule has 0 unspecified atom stereocenters. The van der Waals surface area contributed by atoms with Crippen molar-refractivity contribution in [3.63, 3.8) is 0 Å². The maximum Gasteiger partial charge on any atom is 0.0251 e. The zero-order valence-corrected chi connectivity index (χ0v) is 7.99. The fourth-order valence-electron chi connectivity index (χ4n) is 1.78. The van der Waals surface area contributed by atoms with Gasteiger partial charge in [-0.3, -0.25) is 0 Å². The average molecular weight is 171 g/mol. The van der Waals surface area contributed by atoms with Crippen LogP contribution in [-0.2, 0) is 0 Å². The summed E-state index contributed by atoms with van der Waals surface area (Å²) in [4.78, 5) is 0. The molecule has 1 saturated heterocycles. The molecule has 0 spiro atoms. The Kier molecular flexibility index (Phi) is 2.42. The van der Waals surface area contributed by atoms with Crippen LogP contribution in [0.5, 0.6) is 0 Å². The van der Waals surface area contributed by atoms with E-state index in [9.17, 15) is 0 Å². The summed E-state index contributed by atoms with van der Waals surface area (Å²) in [6.45, 7) is 2.35. The standard InChI is InChI=1S/C9H17NS/c1-7(8-3-2-4-8)10-9-5-11-6-9/h7-10H,2-6H2,1H3/t7-/m0/s1. The molecule has 0 amide bonds. The summed E-state index contributed by atoms with van der Waals surface area (Å²) in [7, 11) is 0. The number of hydrogen-bond donors (Lipinski definition) is 1. The third-order valence-electron chi connectivity index (χ3n) is 2.99. The zero-order valence-electron chi connectivity index (χ0n) is 7.18. The molecule has 1 N–H and O–H groups in total. The average Bonchev–Trinajstić information content (AvgIpc) is 1.74. The van der Waals surface area contributed by atoms with Crippen molar-refractivity contribution in [3.05, 3.63) is 0 Å². The normalized spacial score (nSPS) is 29.2. The van der Waals surface area contributed by atoms with Crippen LogP contribution in [0.4, 0.5) is 0 Å². The van der Waals surface area contributed by atoms with Crippen molar-refractivity contribution in [2.75, 3.05) is 11.5 Å². The summed E-state index contributed by atoms with van der Waals surface area (Å²) in [5.41, 5.74) is 0. The van der Waals surface area contributed by atoms with Crippen LogP contribution in [0.25, 0.3) is 0 Å². The van der Waals surface area contributed by atoms with E-state index in [4.69, 9.17) is 0 Å². The molecule has 0 aromatic carbocycles. The van der Waals surface area contributed by atoms with Crippen LogP contribution in [-0.4, -0.2) is 23.6 Å². The largest absolute Gasteiger partial charge is 0.310 e. The molecule has 2 aliphatic rings. The molecule has 0 aromatic rings. The van der Waals surface area contributed by atoms with Crippen molar-refractivity contribution in [2.24, 2.45) is 5.92 Å². The molecule has 1 aliphatic carbocycles. The van der Waals surface area contributed by atoms with Gasteiger partial charge < -0.3 is 5.32 Å². The lowest BCUT2D eigenvalue weighted by Crippen LogP contribution is -2.48. The minimum atomic E-state index is 0.787. The third kappa shape index (κ3) is 1.73. The van der Waals surface area contributed by atoms with Crippen LogP contribution < -0.4 is 5.32 Å². The molecule has 64 valence electrons. The smallest absolute Gasteiger partial charge is 0.0251 e. The third-order valence-corrected chi connectivity index (χ3v) is 4.27. The summed E-state index contributed by atoms with van der Waals surface area (Å²) < 4.78 is 0. The number of hydrogen-bond acceptors (Lipinski definition) is 2. The van der Waals surface area contributed by atoms with Gasteiger partial charge in [0.25, 0.3) is 0 Å². The predicted molar refractivity (Wildman–Crippen MR) is 51.1 cm³/mol. The van der Waals surface area contributed by atoms with Gasteiger partial charge in [-0.1, -0.05) is 6.42 Å². The van der Waals surface area contributed by atoms with Gasteiger partial charge in [0.05, 0.1) is 0 Å². The molecule has 1 nitrogen and oxygen atoms in total. The molecule has 0 bridgehead atoms. The quantitative estimate of drug-likeness (QED) is 0.696. The molecule has 1 aliphatic heterocycles. The van der Waals surface area contributed by atoms with Crippen LogP contribution in [0.2, 0.25) is 0 Å². The summed E-state index contributed by atoms with van der Waals surface area (Å²) in [5.74, 6) is 3.69.